The Balaban J connectivity index is 1.13. The Hall–Kier alpha value is -3.42. The normalized spacial score (nSPS) is 27.1. The number of benzene rings is 1. The number of carbonyl (C=O) groups excluding carboxylic acids is 2. The summed E-state index contributed by atoms with van der Waals surface area (Å²) in [7, 11) is 0. The second-order valence-corrected chi connectivity index (χ2v) is 10.4. The van der Waals surface area contributed by atoms with Gasteiger partial charge < -0.3 is 14.6 Å². The van der Waals surface area contributed by atoms with E-state index in [0.29, 0.717) is 46.1 Å². The summed E-state index contributed by atoms with van der Waals surface area (Å²) in [5, 5.41) is 3.08. The molecule has 4 saturated carbocycles. The van der Waals surface area contributed by atoms with E-state index in [1.165, 1.54) is 25.3 Å². The van der Waals surface area contributed by atoms with E-state index in [1.807, 2.05) is 0 Å². The highest BCUT2D eigenvalue weighted by Crippen LogP contribution is 2.60. The number of aromatic nitrogens is 2. The highest BCUT2D eigenvalue weighted by molar-refractivity contribution is 5.97. The molecule has 0 radical (unpaired) electrons. The highest BCUT2D eigenvalue weighted by atomic mass is 16.5. The molecular weight excluding hydrogens is 434 g/mol. The van der Waals surface area contributed by atoms with Gasteiger partial charge in [0.25, 0.3) is 5.56 Å². The summed E-state index contributed by atoms with van der Waals surface area (Å²) in [5.74, 6) is 2.16. The molecule has 1 aromatic carbocycles. The van der Waals surface area contributed by atoms with E-state index in [-0.39, 0.29) is 23.5 Å². The lowest BCUT2D eigenvalue weighted by atomic mass is 9.49. The zero-order valence-corrected chi connectivity index (χ0v) is 19.1. The van der Waals surface area contributed by atoms with Crippen LogP contribution in [0.1, 0.15) is 60.3 Å². The van der Waals surface area contributed by atoms with Crippen molar-refractivity contribution in [3.05, 3.63) is 63.8 Å². The third-order valence-corrected chi connectivity index (χ3v) is 7.75. The SMILES string of the molecule is Cc1cc2nc(COC(=O)c3cccc(NC(=O)C45CC6CC(CC(C6)C4)C5)c3)cc(=O)n2o1. The molecule has 7 rings (SSSR count). The average Bonchev–Trinajstić information content (AvgIpc) is 3.17. The van der Waals surface area contributed by atoms with E-state index in [0.717, 1.165) is 23.8 Å². The van der Waals surface area contributed by atoms with Crippen molar-refractivity contribution in [3.63, 3.8) is 0 Å². The molecule has 0 aliphatic heterocycles. The van der Waals surface area contributed by atoms with Crippen molar-refractivity contribution in [1.82, 2.24) is 9.56 Å². The number of esters is 1. The van der Waals surface area contributed by atoms with Crippen LogP contribution in [-0.2, 0) is 16.1 Å². The molecule has 176 valence electrons. The third-order valence-electron chi connectivity index (χ3n) is 7.75. The van der Waals surface area contributed by atoms with E-state index in [2.05, 4.69) is 10.3 Å². The van der Waals surface area contributed by atoms with E-state index < -0.39 is 5.97 Å². The molecule has 2 aromatic heterocycles. The summed E-state index contributed by atoms with van der Waals surface area (Å²) in [6.07, 6.45) is 6.80. The maximum Gasteiger partial charge on any atom is 0.338 e. The van der Waals surface area contributed by atoms with Crippen LogP contribution in [0, 0.1) is 30.1 Å². The number of nitrogens with zero attached hydrogens (tertiary/aromatic N) is 2. The van der Waals surface area contributed by atoms with Gasteiger partial charge in [0.1, 0.15) is 12.4 Å². The van der Waals surface area contributed by atoms with E-state index >= 15 is 0 Å². The summed E-state index contributed by atoms with van der Waals surface area (Å²) in [4.78, 5) is 42.4. The number of anilines is 1. The van der Waals surface area contributed by atoms with Gasteiger partial charge in [0.2, 0.25) is 5.91 Å². The molecule has 4 bridgehead atoms. The predicted molar refractivity (Wildman–Crippen MR) is 123 cm³/mol. The van der Waals surface area contributed by atoms with Gasteiger partial charge in [0, 0.05) is 17.8 Å². The van der Waals surface area contributed by atoms with Crippen LogP contribution >= 0.6 is 0 Å². The van der Waals surface area contributed by atoms with E-state index in [1.54, 1.807) is 37.3 Å². The summed E-state index contributed by atoms with van der Waals surface area (Å²) >= 11 is 0. The smallest absolute Gasteiger partial charge is 0.338 e. The molecule has 8 heteroatoms. The standard InChI is InChI=1S/C26H27N3O5/c1-15-5-22-27-21(10-23(30)29(22)34-15)14-33-24(31)19-3-2-4-20(9-19)28-25(32)26-11-16-6-17(12-26)8-18(7-16)13-26/h2-5,9-10,16-18H,6-8,11-14H2,1H3,(H,28,32). The molecule has 0 unspecified atom stereocenters. The Morgan fingerprint density at radius 3 is 2.53 bits per heavy atom. The number of rotatable bonds is 5. The monoisotopic (exact) mass is 461 g/mol. The van der Waals surface area contributed by atoms with Crippen molar-refractivity contribution in [2.45, 2.75) is 52.1 Å². The molecule has 4 aliphatic rings. The fourth-order valence-corrected chi connectivity index (χ4v) is 6.75. The molecule has 4 aliphatic carbocycles. The van der Waals surface area contributed by atoms with Crippen molar-refractivity contribution < 1.29 is 18.8 Å². The highest BCUT2D eigenvalue weighted by Gasteiger charge is 2.54. The van der Waals surface area contributed by atoms with Crippen molar-refractivity contribution in [2.24, 2.45) is 23.2 Å². The largest absolute Gasteiger partial charge is 0.456 e. The minimum atomic E-state index is -0.545. The van der Waals surface area contributed by atoms with Gasteiger partial charge in [0.05, 0.1) is 16.7 Å². The van der Waals surface area contributed by atoms with Crippen LogP contribution in [0.2, 0.25) is 0 Å². The van der Waals surface area contributed by atoms with E-state index in [9.17, 15) is 14.4 Å². The van der Waals surface area contributed by atoms with Crippen LogP contribution in [0.5, 0.6) is 0 Å². The van der Waals surface area contributed by atoms with Crippen LogP contribution in [0.15, 0.2) is 45.7 Å². The van der Waals surface area contributed by atoms with Gasteiger partial charge >= 0.3 is 5.97 Å². The minimum Gasteiger partial charge on any atom is -0.456 e. The molecule has 0 atom stereocenters. The van der Waals surface area contributed by atoms with Crippen LogP contribution < -0.4 is 10.9 Å². The van der Waals surface area contributed by atoms with Gasteiger partial charge in [0.15, 0.2) is 5.65 Å². The Morgan fingerprint density at radius 2 is 1.82 bits per heavy atom. The number of aryl methyl sites for hydroxylation is 1. The molecule has 0 spiro atoms. The third kappa shape index (κ3) is 3.71. The summed E-state index contributed by atoms with van der Waals surface area (Å²) in [5.41, 5.74) is 1.01. The molecule has 3 aromatic rings. The Morgan fingerprint density at radius 1 is 1.12 bits per heavy atom. The lowest BCUT2D eigenvalue weighted by Crippen LogP contribution is -2.51. The Kier molecular flexibility index (Phi) is 4.86. The molecule has 1 amide bonds. The number of amides is 1. The van der Waals surface area contributed by atoms with Gasteiger partial charge in [-0.05, 0) is 81.4 Å². The number of hydrogen-bond acceptors (Lipinski definition) is 6. The first-order valence-corrected chi connectivity index (χ1v) is 12.0. The molecular formula is C26H27N3O5. The number of nitrogens with one attached hydrogen (secondary N) is 1. The summed E-state index contributed by atoms with van der Waals surface area (Å²) < 4.78 is 11.8. The first-order chi connectivity index (χ1) is 16.4. The molecule has 2 heterocycles. The fraction of sp³-hybridized carbons (Fsp3) is 0.462. The summed E-state index contributed by atoms with van der Waals surface area (Å²) in [6.45, 7) is 1.58. The van der Waals surface area contributed by atoms with Crippen molar-refractivity contribution >= 4 is 23.2 Å². The van der Waals surface area contributed by atoms with Crippen LogP contribution in [-0.4, -0.2) is 21.4 Å². The molecule has 0 saturated heterocycles. The number of ether oxygens (including phenoxy) is 1. The topological polar surface area (TPSA) is 103 Å². The van der Waals surface area contributed by atoms with Gasteiger partial charge in [-0.1, -0.05) is 6.07 Å². The molecule has 34 heavy (non-hydrogen) atoms. The van der Waals surface area contributed by atoms with Crippen LogP contribution in [0.4, 0.5) is 5.69 Å². The number of fused-ring (bicyclic) bond motifs is 1. The minimum absolute atomic E-state index is 0.0884. The van der Waals surface area contributed by atoms with Gasteiger partial charge in [-0.15, -0.1) is 4.57 Å². The van der Waals surface area contributed by atoms with Crippen LogP contribution in [0.3, 0.4) is 0 Å². The molecule has 4 fully saturated rings. The van der Waals surface area contributed by atoms with Crippen LogP contribution in [0.25, 0.3) is 5.65 Å². The lowest BCUT2D eigenvalue weighted by Gasteiger charge is -2.55. The maximum atomic E-state index is 13.3. The van der Waals surface area contributed by atoms with E-state index in [4.69, 9.17) is 9.26 Å². The number of carbonyl (C=O) groups is 2. The first kappa shape index (κ1) is 21.1. The Bertz CT molecular complexity index is 1320. The zero-order valence-electron chi connectivity index (χ0n) is 19.1. The first-order valence-electron chi connectivity index (χ1n) is 12.0. The van der Waals surface area contributed by atoms with Gasteiger partial charge in [-0.2, -0.15) is 0 Å². The molecule has 8 nitrogen and oxygen atoms in total. The second-order valence-electron chi connectivity index (χ2n) is 10.4. The maximum absolute atomic E-state index is 13.3. The fourth-order valence-electron chi connectivity index (χ4n) is 6.75. The summed E-state index contributed by atoms with van der Waals surface area (Å²) in [6, 6.07) is 9.75. The second kappa shape index (κ2) is 7.82. The van der Waals surface area contributed by atoms with Crippen molar-refractivity contribution in [2.75, 3.05) is 5.32 Å². The van der Waals surface area contributed by atoms with Crippen molar-refractivity contribution in [3.8, 4) is 0 Å². The van der Waals surface area contributed by atoms with Crippen molar-refractivity contribution in [1.29, 1.82) is 0 Å². The Labute approximate surface area is 196 Å². The predicted octanol–water partition coefficient (Wildman–Crippen LogP) is 4.11. The molecule has 1 N–H and O–H groups in total. The zero-order chi connectivity index (χ0) is 23.4. The average molecular weight is 462 g/mol. The quantitative estimate of drug-likeness (QED) is 0.574. The van der Waals surface area contributed by atoms with Gasteiger partial charge in [-0.3, -0.25) is 9.59 Å². The lowest BCUT2D eigenvalue weighted by molar-refractivity contribution is -0.140. The number of hydrogen-bond donors (Lipinski definition) is 1. The van der Waals surface area contributed by atoms with Gasteiger partial charge in [-0.25, -0.2) is 9.78 Å².